The number of hydrogen-bond acceptors (Lipinski definition) is 3. The lowest BCUT2D eigenvalue weighted by atomic mass is 9.99. The number of aliphatic hydroxyl groups is 1. The van der Waals surface area contributed by atoms with Crippen LogP contribution in [0.5, 0.6) is 0 Å². The average Bonchev–Trinajstić information content (AvgIpc) is 2.53. The largest absolute Gasteiger partial charge is 0.396 e. The Bertz CT molecular complexity index is 461. The van der Waals surface area contributed by atoms with Gasteiger partial charge in [-0.2, -0.15) is 0 Å². The third-order valence-electron chi connectivity index (χ3n) is 3.57. The van der Waals surface area contributed by atoms with E-state index in [0.29, 0.717) is 18.7 Å². The van der Waals surface area contributed by atoms with Crippen LogP contribution in [0.15, 0.2) is 30.3 Å². The average molecular weight is 276 g/mol. The Morgan fingerprint density at radius 3 is 2.75 bits per heavy atom. The van der Waals surface area contributed by atoms with Gasteiger partial charge in [-0.25, -0.2) is 0 Å². The molecule has 0 radical (unpaired) electrons. The smallest absolute Gasteiger partial charge is 0.251 e. The number of nitrogens with one attached hydrogen (secondary N) is 1. The van der Waals surface area contributed by atoms with Crippen molar-refractivity contribution in [3.05, 3.63) is 35.9 Å². The van der Waals surface area contributed by atoms with Crippen LogP contribution in [0.25, 0.3) is 0 Å². The second-order valence-electron chi connectivity index (χ2n) is 5.08. The molecule has 0 aromatic heterocycles. The topological polar surface area (TPSA) is 69.6 Å². The van der Waals surface area contributed by atoms with E-state index < -0.39 is 0 Å². The van der Waals surface area contributed by atoms with Gasteiger partial charge in [-0.15, -0.1) is 0 Å². The van der Waals surface area contributed by atoms with E-state index >= 15 is 0 Å². The fourth-order valence-corrected chi connectivity index (χ4v) is 2.40. The number of benzene rings is 1. The van der Waals surface area contributed by atoms with Gasteiger partial charge in [-0.1, -0.05) is 18.2 Å². The quantitative estimate of drug-likeness (QED) is 0.848. The van der Waals surface area contributed by atoms with Crippen molar-refractivity contribution in [2.45, 2.75) is 12.8 Å². The predicted molar refractivity (Wildman–Crippen MR) is 75.2 cm³/mol. The number of likely N-dealkylation sites (tertiary alicyclic amines) is 1. The summed E-state index contributed by atoms with van der Waals surface area (Å²) < 4.78 is 0. The first-order chi connectivity index (χ1) is 9.70. The van der Waals surface area contributed by atoms with Gasteiger partial charge in [0.05, 0.1) is 6.54 Å². The SMILES string of the molecule is O=C(NCC(=O)N1CCCC(CO)C1)c1ccccc1. The maximum atomic E-state index is 12.0. The number of carbonyl (C=O) groups is 2. The highest BCUT2D eigenvalue weighted by Gasteiger charge is 2.23. The minimum Gasteiger partial charge on any atom is -0.396 e. The van der Waals surface area contributed by atoms with E-state index in [1.165, 1.54) is 0 Å². The number of piperidine rings is 1. The fraction of sp³-hybridized carbons (Fsp3) is 0.467. The molecular formula is C15H20N2O3. The Labute approximate surface area is 118 Å². The molecule has 1 aliphatic rings. The number of hydrogen-bond donors (Lipinski definition) is 2. The highest BCUT2D eigenvalue weighted by atomic mass is 16.3. The van der Waals surface area contributed by atoms with E-state index in [9.17, 15) is 9.59 Å². The Morgan fingerprint density at radius 2 is 2.05 bits per heavy atom. The number of rotatable bonds is 4. The first-order valence-electron chi connectivity index (χ1n) is 6.92. The van der Waals surface area contributed by atoms with Gasteiger partial charge in [-0.3, -0.25) is 9.59 Å². The van der Waals surface area contributed by atoms with Crippen molar-refractivity contribution in [2.75, 3.05) is 26.2 Å². The maximum Gasteiger partial charge on any atom is 0.251 e. The summed E-state index contributed by atoms with van der Waals surface area (Å²) in [5.74, 6) is -0.167. The molecule has 2 N–H and O–H groups in total. The monoisotopic (exact) mass is 276 g/mol. The molecule has 1 fully saturated rings. The second-order valence-corrected chi connectivity index (χ2v) is 5.08. The molecule has 1 aromatic rings. The van der Waals surface area contributed by atoms with E-state index in [1.54, 1.807) is 29.2 Å². The van der Waals surface area contributed by atoms with E-state index in [1.807, 2.05) is 6.07 Å². The second kappa shape index (κ2) is 7.05. The zero-order valence-electron chi connectivity index (χ0n) is 11.4. The molecule has 5 nitrogen and oxygen atoms in total. The lowest BCUT2D eigenvalue weighted by Gasteiger charge is -2.31. The van der Waals surface area contributed by atoms with Gasteiger partial charge in [0.25, 0.3) is 5.91 Å². The molecule has 0 bridgehead atoms. The van der Waals surface area contributed by atoms with Crippen molar-refractivity contribution in [2.24, 2.45) is 5.92 Å². The molecule has 108 valence electrons. The zero-order valence-corrected chi connectivity index (χ0v) is 11.4. The Balaban J connectivity index is 1.81. The predicted octanol–water partition coefficient (Wildman–Crippen LogP) is 0.647. The molecule has 5 heteroatoms. The van der Waals surface area contributed by atoms with Crippen molar-refractivity contribution in [3.63, 3.8) is 0 Å². The molecule has 2 rings (SSSR count). The number of carbonyl (C=O) groups excluding carboxylic acids is 2. The van der Waals surface area contributed by atoms with Crippen LogP contribution in [0.2, 0.25) is 0 Å². The van der Waals surface area contributed by atoms with Crippen LogP contribution < -0.4 is 5.32 Å². The van der Waals surface area contributed by atoms with Gasteiger partial charge < -0.3 is 15.3 Å². The van der Waals surface area contributed by atoms with Gasteiger partial charge in [-0.05, 0) is 30.9 Å². The summed E-state index contributed by atoms with van der Waals surface area (Å²) in [6.45, 7) is 1.40. The van der Waals surface area contributed by atoms with E-state index in [0.717, 1.165) is 12.8 Å². The summed E-state index contributed by atoms with van der Waals surface area (Å²) in [5.41, 5.74) is 0.548. The summed E-state index contributed by atoms with van der Waals surface area (Å²) in [6, 6.07) is 8.83. The molecule has 0 aliphatic carbocycles. The van der Waals surface area contributed by atoms with Crippen LogP contribution >= 0.6 is 0 Å². The van der Waals surface area contributed by atoms with Crippen LogP contribution in [0.3, 0.4) is 0 Å². The van der Waals surface area contributed by atoms with Crippen LogP contribution in [0, 0.1) is 5.92 Å². The normalized spacial score (nSPS) is 18.6. The summed E-state index contributed by atoms with van der Waals surface area (Å²) in [4.78, 5) is 25.6. The highest BCUT2D eigenvalue weighted by Crippen LogP contribution is 2.15. The summed E-state index contributed by atoms with van der Waals surface area (Å²) >= 11 is 0. The summed E-state index contributed by atoms with van der Waals surface area (Å²) in [7, 11) is 0. The Hall–Kier alpha value is -1.88. The highest BCUT2D eigenvalue weighted by molar-refractivity contribution is 5.96. The molecule has 1 unspecified atom stereocenters. The lowest BCUT2D eigenvalue weighted by Crippen LogP contribution is -2.45. The minimum atomic E-state index is -0.241. The first-order valence-corrected chi connectivity index (χ1v) is 6.92. The number of nitrogens with zero attached hydrogens (tertiary/aromatic N) is 1. The van der Waals surface area contributed by atoms with Crippen molar-refractivity contribution >= 4 is 11.8 Å². The molecule has 2 amide bonds. The third kappa shape index (κ3) is 3.81. The van der Waals surface area contributed by atoms with Crippen molar-refractivity contribution < 1.29 is 14.7 Å². The van der Waals surface area contributed by atoms with Gasteiger partial charge in [0.1, 0.15) is 0 Å². The first kappa shape index (κ1) is 14.5. The fourth-order valence-electron chi connectivity index (χ4n) is 2.40. The standard InChI is InChI=1S/C15H20N2O3/c18-11-12-5-4-8-17(10-12)14(19)9-16-15(20)13-6-2-1-3-7-13/h1-3,6-7,12,18H,4-5,8-11H2,(H,16,20). The van der Waals surface area contributed by atoms with Gasteiger partial charge in [0.15, 0.2) is 0 Å². The van der Waals surface area contributed by atoms with Crippen molar-refractivity contribution in [3.8, 4) is 0 Å². The molecule has 1 aliphatic heterocycles. The van der Waals surface area contributed by atoms with E-state index in [-0.39, 0.29) is 30.9 Å². The zero-order chi connectivity index (χ0) is 14.4. The number of aliphatic hydroxyl groups excluding tert-OH is 1. The van der Waals surface area contributed by atoms with Gasteiger partial charge in [0.2, 0.25) is 5.91 Å². The molecule has 0 spiro atoms. The Morgan fingerprint density at radius 1 is 1.30 bits per heavy atom. The molecule has 1 atom stereocenters. The van der Waals surface area contributed by atoms with E-state index in [2.05, 4.69) is 5.32 Å². The van der Waals surface area contributed by atoms with Gasteiger partial charge >= 0.3 is 0 Å². The van der Waals surface area contributed by atoms with Gasteiger partial charge in [0, 0.05) is 25.3 Å². The molecule has 0 saturated carbocycles. The van der Waals surface area contributed by atoms with Crippen LogP contribution in [-0.2, 0) is 4.79 Å². The molecule has 20 heavy (non-hydrogen) atoms. The summed E-state index contributed by atoms with van der Waals surface area (Å²) in [5, 5.41) is 11.8. The van der Waals surface area contributed by atoms with Crippen molar-refractivity contribution in [1.29, 1.82) is 0 Å². The third-order valence-corrected chi connectivity index (χ3v) is 3.57. The molecule has 1 aromatic carbocycles. The number of amides is 2. The molecule has 1 saturated heterocycles. The van der Waals surface area contributed by atoms with Crippen LogP contribution in [0.1, 0.15) is 23.2 Å². The van der Waals surface area contributed by atoms with Crippen LogP contribution in [0.4, 0.5) is 0 Å². The molecular weight excluding hydrogens is 256 g/mol. The maximum absolute atomic E-state index is 12.0. The van der Waals surface area contributed by atoms with Crippen LogP contribution in [-0.4, -0.2) is 48.1 Å². The van der Waals surface area contributed by atoms with Crippen molar-refractivity contribution in [1.82, 2.24) is 10.2 Å². The van der Waals surface area contributed by atoms with E-state index in [4.69, 9.17) is 5.11 Å². The molecule has 1 heterocycles. The summed E-state index contributed by atoms with van der Waals surface area (Å²) in [6.07, 6.45) is 1.86. The lowest BCUT2D eigenvalue weighted by molar-refractivity contribution is -0.132. The minimum absolute atomic E-state index is 0.00583. The Kier molecular flexibility index (Phi) is 5.12.